The molecule has 7 heteroatoms. The number of hydrogen-bond donors (Lipinski definition) is 1. The summed E-state index contributed by atoms with van der Waals surface area (Å²) >= 11 is 0. The SMILES string of the molecule is C[C@@H](NC(=O)CN(Cc1ccco1)[C@H]1CCS(=O)(=O)C1)c1cccc2ccccc12. The zero-order chi connectivity index (χ0) is 21.1. The minimum atomic E-state index is -3.05. The van der Waals surface area contributed by atoms with E-state index < -0.39 is 9.84 Å². The van der Waals surface area contributed by atoms with Gasteiger partial charge in [-0.15, -0.1) is 0 Å². The average Bonchev–Trinajstić information content (AvgIpc) is 3.36. The maximum Gasteiger partial charge on any atom is 0.234 e. The van der Waals surface area contributed by atoms with Crippen LogP contribution in [0.4, 0.5) is 0 Å². The van der Waals surface area contributed by atoms with E-state index in [1.807, 2.05) is 42.2 Å². The van der Waals surface area contributed by atoms with Gasteiger partial charge in [-0.1, -0.05) is 42.5 Å². The van der Waals surface area contributed by atoms with Gasteiger partial charge >= 0.3 is 0 Å². The van der Waals surface area contributed by atoms with Crippen molar-refractivity contribution in [2.75, 3.05) is 18.1 Å². The molecular weight excluding hydrogens is 400 g/mol. The minimum Gasteiger partial charge on any atom is -0.468 e. The number of rotatable bonds is 7. The summed E-state index contributed by atoms with van der Waals surface area (Å²) in [5.41, 5.74) is 1.06. The first-order valence-corrected chi connectivity index (χ1v) is 12.0. The van der Waals surface area contributed by atoms with Crippen LogP contribution in [0.1, 0.15) is 30.7 Å². The molecule has 158 valence electrons. The van der Waals surface area contributed by atoms with Crippen LogP contribution in [0.25, 0.3) is 10.8 Å². The molecule has 2 atom stereocenters. The van der Waals surface area contributed by atoms with E-state index in [1.54, 1.807) is 12.3 Å². The summed E-state index contributed by atoms with van der Waals surface area (Å²) in [5, 5.41) is 5.33. The normalized spacial score (nSPS) is 19.2. The molecule has 0 aliphatic carbocycles. The van der Waals surface area contributed by atoms with E-state index in [0.717, 1.165) is 16.3 Å². The maximum atomic E-state index is 12.9. The summed E-state index contributed by atoms with van der Waals surface area (Å²) in [4.78, 5) is 14.8. The molecule has 6 nitrogen and oxygen atoms in total. The lowest BCUT2D eigenvalue weighted by Gasteiger charge is -2.27. The van der Waals surface area contributed by atoms with Gasteiger partial charge in [0, 0.05) is 6.04 Å². The predicted molar refractivity (Wildman–Crippen MR) is 117 cm³/mol. The molecule has 0 saturated carbocycles. The number of amides is 1. The number of benzene rings is 2. The Hall–Kier alpha value is -2.64. The Bertz CT molecular complexity index is 1120. The van der Waals surface area contributed by atoms with Gasteiger partial charge in [0.2, 0.25) is 5.91 Å². The number of nitrogens with one attached hydrogen (secondary N) is 1. The fourth-order valence-corrected chi connectivity index (χ4v) is 5.92. The fourth-order valence-electron chi connectivity index (χ4n) is 4.16. The van der Waals surface area contributed by atoms with Crippen molar-refractivity contribution in [2.24, 2.45) is 0 Å². The van der Waals surface area contributed by atoms with Crippen molar-refractivity contribution < 1.29 is 17.6 Å². The number of carbonyl (C=O) groups is 1. The molecule has 3 aromatic rings. The molecule has 1 N–H and O–H groups in total. The van der Waals surface area contributed by atoms with Gasteiger partial charge in [-0.2, -0.15) is 0 Å². The highest BCUT2D eigenvalue weighted by molar-refractivity contribution is 7.91. The zero-order valence-corrected chi connectivity index (χ0v) is 17.8. The summed E-state index contributed by atoms with van der Waals surface area (Å²) in [5.74, 6) is 0.834. The molecule has 0 radical (unpaired) electrons. The van der Waals surface area contributed by atoms with Crippen LogP contribution >= 0.6 is 0 Å². The molecular formula is C23H26N2O4S. The van der Waals surface area contributed by atoms with E-state index in [-0.39, 0.29) is 36.0 Å². The smallest absolute Gasteiger partial charge is 0.234 e. The van der Waals surface area contributed by atoms with Gasteiger partial charge in [0.25, 0.3) is 0 Å². The van der Waals surface area contributed by atoms with Crippen LogP contribution < -0.4 is 5.32 Å². The van der Waals surface area contributed by atoms with Crippen molar-refractivity contribution in [1.29, 1.82) is 0 Å². The topological polar surface area (TPSA) is 79.6 Å². The predicted octanol–water partition coefficient (Wildman–Crippen LogP) is 3.30. The highest BCUT2D eigenvalue weighted by atomic mass is 32.2. The quantitative estimate of drug-likeness (QED) is 0.627. The number of nitrogens with zero attached hydrogens (tertiary/aromatic N) is 1. The van der Waals surface area contributed by atoms with Crippen molar-refractivity contribution in [1.82, 2.24) is 10.2 Å². The first-order chi connectivity index (χ1) is 14.4. The first-order valence-electron chi connectivity index (χ1n) is 10.2. The molecule has 0 bridgehead atoms. The number of sulfone groups is 1. The second-order valence-corrected chi connectivity index (χ2v) is 10.1. The highest BCUT2D eigenvalue weighted by Crippen LogP contribution is 2.24. The Kier molecular flexibility index (Phi) is 5.92. The van der Waals surface area contributed by atoms with E-state index in [1.165, 1.54) is 0 Å². The average molecular weight is 427 g/mol. The van der Waals surface area contributed by atoms with E-state index in [9.17, 15) is 13.2 Å². The Labute approximate surface area is 176 Å². The third-order valence-electron chi connectivity index (χ3n) is 5.68. The maximum absolute atomic E-state index is 12.9. The lowest BCUT2D eigenvalue weighted by molar-refractivity contribution is -0.123. The summed E-state index contributed by atoms with van der Waals surface area (Å²) < 4.78 is 29.4. The third-order valence-corrected chi connectivity index (χ3v) is 7.43. The van der Waals surface area contributed by atoms with Crippen molar-refractivity contribution in [3.63, 3.8) is 0 Å². The van der Waals surface area contributed by atoms with Crippen LogP contribution in [0.5, 0.6) is 0 Å². The molecule has 0 spiro atoms. The first kappa shape index (κ1) is 20.6. The summed E-state index contributed by atoms with van der Waals surface area (Å²) in [6.07, 6.45) is 2.12. The molecule has 1 aliphatic heterocycles. The van der Waals surface area contributed by atoms with Gasteiger partial charge in [0.15, 0.2) is 9.84 Å². The van der Waals surface area contributed by atoms with Crippen molar-refractivity contribution >= 4 is 26.5 Å². The van der Waals surface area contributed by atoms with Gasteiger partial charge in [-0.25, -0.2) is 8.42 Å². The molecule has 1 saturated heterocycles. The Morgan fingerprint density at radius 3 is 2.70 bits per heavy atom. The zero-order valence-electron chi connectivity index (χ0n) is 17.0. The van der Waals surface area contributed by atoms with Crippen LogP contribution in [0.15, 0.2) is 65.3 Å². The van der Waals surface area contributed by atoms with Crippen LogP contribution in [0.3, 0.4) is 0 Å². The Morgan fingerprint density at radius 2 is 1.97 bits per heavy atom. The molecule has 4 rings (SSSR count). The second-order valence-electron chi connectivity index (χ2n) is 7.90. The second kappa shape index (κ2) is 8.62. The van der Waals surface area contributed by atoms with E-state index in [4.69, 9.17) is 4.42 Å². The number of hydrogen-bond acceptors (Lipinski definition) is 5. The standard InChI is InChI=1S/C23H26N2O4S/c1-17(21-10-4-7-18-6-2-3-9-22(18)21)24-23(26)15-25(14-20-8-5-12-29-20)19-11-13-30(27,28)16-19/h2-10,12,17,19H,11,13-16H2,1H3,(H,24,26)/t17-,19+/m1/s1. The van der Waals surface area contributed by atoms with Crippen LogP contribution in [-0.4, -0.2) is 43.3 Å². The summed E-state index contributed by atoms with van der Waals surface area (Å²) in [6.45, 7) is 2.50. The highest BCUT2D eigenvalue weighted by Gasteiger charge is 2.33. The largest absolute Gasteiger partial charge is 0.468 e. The number of furan rings is 1. The van der Waals surface area contributed by atoms with Gasteiger partial charge in [0.05, 0.1) is 36.9 Å². The Morgan fingerprint density at radius 1 is 1.17 bits per heavy atom. The van der Waals surface area contributed by atoms with Crippen molar-refractivity contribution in [2.45, 2.75) is 32.0 Å². The van der Waals surface area contributed by atoms with Crippen LogP contribution in [-0.2, 0) is 21.2 Å². The Balaban J connectivity index is 1.48. The number of carbonyl (C=O) groups excluding carboxylic acids is 1. The van der Waals surface area contributed by atoms with E-state index in [0.29, 0.717) is 18.7 Å². The van der Waals surface area contributed by atoms with Crippen LogP contribution in [0.2, 0.25) is 0 Å². The number of fused-ring (bicyclic) bond motifs is 1. The molecule has 0 unspecified atom stereocenters. The molecule has 1 aliphatic rings. The van der Waals surface area contributed by atoms with Gasteiger partial charge in [-0.05, 0) is 41.8 Å². The van der Waals surface area contributed by atoms with Crippen molar-refractivity contribution in [3.8, 4) is 0 Å². The fraction of sp³-hybridized carbons (Fsp3) is 0.348. The molecule has 2 aromatic carbocycles. The van der Waals surface area contributed by atoms with Gasteiger partial charge in [-0.3, -0.25) is 9.69 Å². The van der Waals surface area contributed by atoms with E-state index in [2.05, 4.69) is 23.5 Å². The lowest BCUT2D eigenvalue weighted by Crippen LogP contribution is -2.43. The molecule has 2 heterocycles. The monoisotopic (exact) mass is 426 g/mol. The van der Waals surface area contributed by atoms with Crippen LogP contribution in [0, 0.1) is 0 Å². The lowest BCUT2D eigenvalue weighted by atomic mass is 10.00. The van der Waals surface area contributed by atoms with E-state index >= 15 is 0 Å². The summed E-state index contributed by atoms with van der Waals surface area (Å²) in [7, 11) is -3.05. The van der Waals surface area contributed by atoms with Gasteiger partial charge in [0.1, 0.15) is 5.76 Å². The minimum absolute atomic E-state index is 0.0832. The molecule has 30 heavy (non-hydrogen) atoms. The third kappa shape index (κ3) is 4.74. The molecule has 1 amide bonds. The van der Waals surface area contributed by atoms with Gasteiger partial charge < -0.3 is 9.73 Å². The molecule has 1 fully saturated rings. The summed E-state index contributed by atoms with van der Waals surface area (Å²) in [6, 6.07) is 17.5. The molecule has 1 aromatic heterocycles. The van der Waals surface area contributed by atoms with Crippen molar-refractivity contribution in [3.05, 3.63) is 72.2 Å².